The topological polar surface area (TPSA) is 77.2 Å². The van der Waals surface area contributed by atoms with Crippen LogP contribution in [-0.4, -0.2) is 32.2 Å². The third-order valence-electron chi connectivity index (χ3n) is 5.28. The molecule has 0 radical (unpaired) electrons. The molecular formula is C25H25N3O3. The molecule has 1 N–H and O–H groups in total. The number of aromatic nitrogens is 3. The lowest BCUT2D eigenvalue weighted by Crippen LogP contribution is -2.09. The van der Waals surface area contributed by atoms with E-state index in [-0.39, 0.29) is 5.92 Å². The zero-order chi connectivity index (χ0) is 21.6. The Morgan fingerprint density at radius 1 is 1.10 bits per heavy atom. The van der Waals surface area contributed by atoms with E-state index in [0.717, 1.165) is 46.7 Å². The highest BCUT2D eigenvalue weighted by atomic mass is 16.5. The fourth-order valence-electron chi connectivity index (χ4n) is 3.54. The molecule has 4 aromatic rings. The Morgan fingerprint density at radius 3 is 2.68 bits per heavy atom. The Bertz CT molecular complexity index is 1160. The molecule has 158 valence electrons. The highest BCUT2D eigenvalue weighted by Gasteiger charge is 2.15. The van der Waals surface area contributed by atoms with Crippen LogP contribution in [0.15, 0.2) is 73.1 Å². The van der Waals surface area contributed by atoms with Gasteiger partial charge in [-0.1, -0.05) is 37.3 Å². The molecule has 4 rings (SSSR count). The number of imidazole rings is 1. The van der Waals surface area contributed by atoms with Crippen LogP contribution in [0.4, 0.5) is 0 Å². The highest BCUT2D eigenvalue weighted by molar-refractivity contribution is 5.84. The average Bonchev–Trinajstić information content (AvgIpc) is 3.18. The smallest absolute Gasteiger partial charge is 0.306 e. The van der Waals surface area contributed by atoms with E-state index in [1.165, 1.54) is 0 Å². The van der Waals surface area contributed by atoms with Crippen molar-refractivity contribution in [2.24, 2.45) is 5.92 Å². The van der Waals surface area contributed by atoms with Gasteiger partial charge in [-0.2, -0.15) is 0 Å². The van der Waals surface area contributed by atoms with Gasteiger partial charge in [0.2, 0.25) is 0 Å². The number of benzene rings is 2. The number of hydrogen-bond acceptors (Lipinski definition) is 4. The standard InChI is InChI=1S/C25H25N3O3/c1-18(25(29)30)8-5-6-15-31-21-12-13-22-23(16-21)28(20-11-7-14-26-17-20)24(27-22)19-9-3-2-4-10-19/h2-4,7,9-14,16-18H,5-6,8,15H2,1H3,(H,29,30). The van der Waals surface area contributed by atoms with E-state index in [1.54, 1.807) is 13.1 Å². The summed E-state index contributed by atoms with van der Waals surface area (Å²) in [7, 11) is 0. The number of unbranched alkanes of at least 4 members (excludes halogenated alkanes) is 1. The molecule has 2 aromatic carbocycles. The quantitative estimate of drug-likeness (QED) is 0.373. The number of aliphatic carboxylic acids is 1. The number of nitrogens with zero attached hydrogens (tertiary/aromatic N) is 3. The summed E-state index contributed by atoms with van der Waals surface area (Å²) in [6, 6.07) is 19.9. The average molecular weight is 415 g/mol. The van der Waals surface area contributed by atoms with Crippen molar-refractivity contribution in [2.75, 3.05) is 6.61 Å². The van der Waals surface area contributed by atoms with Crippen molar-refractivity contribution in [1.29, 1.82) is 0 Å². The molecule has 1 unspecified atom stereocenters. The minimum Gasteiger partial charge on any atom is -0.494 e. The molecule has 0 amide bonds. The Balaban J connectivity index is 1.59. The highest BCUT2D eigenvalue weighted by Crippen LogP contribution is 2.30. The van der Waals surface area contributed by atoms with Crippen LogP contribution in [0.5, 0.6) is 5.75 Å². The van der Waals surface area contributed by atoms with E-state index in [0.29, 0.717) is 13.0 Å². The number of ether oxygens (including phenoxy) is 1. The van der Waals surface area contributed by atoms with Crippen molar-refractivity contribution in [1.82, 2.24) is 14.5 Å². The van der Waals surface area contributed by atoms with Crippen LogP contribution < -0.4 is 4.74 Å². The predicted molar refractivity (Wildman–Crippen MR) is 120 cm³/mol. The number of hydrogen-bond donors (Lipinski definition) is 1. The maximum Gasteiger partial charge on any atom is 0.306 e. The third-order valence-corrected chi connectivity index (χ3v) is 5.28. The summed E-state index contributed by atoms with van der Waals surface area (Å²) in [5.74, 6) is 0.553. The van der Waals surface area contributed by atoms with Gasteiger partial charge >= 0.3 is 5.97 Å². The molecule has 0 spiro atoms. The molecule has 2 aromatic heterocycles. The number of fused-ring (bicyclic) bond motifs is 1. The molecule has 6 heteroatoms. The first kappa shape index (κ1) is 20.6. The number of carboxylic acid groups (broad SMARTS) is 1. The molecule has 2 heterocycles. The molecule has 0 aliphatic rings. The van der Waals surface area contributed by atoms with E-state index in [9.17, 15) is 4.79 Å². The number of pyridine rings is 1. The summed E-state index contributed by atoms with van der Waals surface area (Å²) < 4.78 is 8.05. The number of rotatable bonds is 9. The molecule has 31 heavy (non-hydrogen) atoms. The van der Waals surface area contributed by atoms with Crippen molar-refractivity contribution in [3.05, 3.63) is 73.1 Å². The van der Waals surface area contributed by atoms with Crippen LogP contribution in [0.3, 0.4) is 0 Å². The predicted octanol–water partition coefficient (Wildman–Crippen LogP) is 5.36. The molecule has 0 saturated carbocycles. The Labute approximate surface area is 181 Å². The van der Waals surface area contributed by atoms with Gasteiger partial charge in [-0.3, -0.25) is 14.3 Å². The Kier molecular flexibility index (Phi) is 6.26. The largest absolute Gasteiger partial charge is 0.494 e. The van der Waals surface area contributed by atoms with Crippen molar-refractivity contribution in [2.45, 2.75) is 26.2 Å². The maximum absolute atomic E-state index is 10.9. The molecule has 1 atom stereocenters. The van der Waals surface area contributed by atoms with Crippen LogP contribution in [0, 0.1) is 5.92 Å². The first-order valence-electron chi connectivity index (χ1n) is 10.5. The molecule has 0 fully saturated rings. The zero-order valence-electron chi connectivity index (χ0n) is 17.4. The monoisotopic (exact) mass is 415 g/mol. The van der Waals surface area contributed by atoms with Gasteiger partial charge in [0.05, 0.1) is 35.4 Å². The second-order valence-electron chi connectivity index (χ2n) is 7.58. The summed E-state index contributed by atoms with van der Waals surface area (Å²) in [6.07, 6.45) is 5.87. The first-order valence-corrected chi connectivity index (χ1v) is 10.5. The Morgan fingerprint density at radius 2 is 1.94 bits per heavy atom. The van der Waals surface area contributed by atoms with E-state index in [4.69, 9.17) is 14.8 Å². The molecular weight excluding hydrogens is 390 g/mol. The molecule has 0 saturated heterocycles. The second kappa shape index (κ2) is 9.43. The van der Waals surface area contributed by atoms with E-state index < -0.39 is 5.97 Å². The third kappa shape index (κ3) is 4.74. The van der Waals surface area contributed by atoms with E-state index in [1.807, 2.05) is 66.9 Å². The SMILES string of the molecule is CC(CCCCOc1ccc2nc(-c3ccccc3)n(-c3cccnc3)c2c1)C(=O)O. The number of carbonyl (C=O) groups is 1. The van der Waals surface area contributed by atoms with Crippen molar-refractivity contribution < 1.29 is 14.6 Å². The van der Waals surface area contributed by atoms with Gasteiger partial charge in [0.15, 0.2) is 0 Å². The first-order chi connectivity index (χ1) is 15.1. The van der Waals surface area contributed by atoms with Crippen LogP contribution in [0.1, 0.15) is 26.2 Å². The maximum atomic E-state index is 10.9. The summed E-state index contributed by atoms with van der Waals surface area (Å²) in [5.41, 5.74) is 3.79. The van der Waals surface area contributed by atoms with Crippen LogP contribution in [-0.2, 0) is 4.79 Å². The van der Waals surface area contributed by atoms with Gasteiger partial charge in [0.25, 0.3) is 0 Å². The Hall–Kier alpha value is -3.67. The second-order valence-corrected chi connectivity index (χ2v) is 7.58. The van der Waals surface area contributed by atoms with Gasteiger partial charge in [-0.15, -0.1) is 0 Å². The van der Waals surface area contributed by atoms with Crippen LogP contribution >= 0.6 is 0 Å². The van der Waals surface area contributed by atoms with E-state index >= 15 is 0 Å². The minimum absolute atomic E-state index is 0.318. The van der Waals surface area contributed by atoms with Gasteiger partial charge in [-0.05, 0) is 43.5 Å². The summed E-state index contributed by atoms with van der Waals surface area (Å²) in [5, 5.41) is 8.98. The summed E-state index contributed by atoms with van der Waals surface area (Å²) in [4.78, 5) is 20.1. The molecule has 0 aliphatic carbocycles. The molecule has 0 bridgehead atoms. The lowest BCUT2D eigenvalue weighted by Gasteiger charge is -2.10. The van der Waals surface area contributed by atoms with Crippen molar-refractivity contribution in [3.8, 4) is 22.8 Å². The minimum atomic E-state index is -0.746. The van der Waals surface area contributed by atoms with Gasteiger partial charge in [-0.25, -0.2) is 4.98 Å². The van der Waals surface area contributed by atoms with Gasteiger partial charge < -0.3 is 9.84 Å². The van der Waals surface area contributed by atoms with E-state index in [2.05, 4.69) is 9.55 Å². The summed E-state index contributed by atoms with van der Waals surface area (Å²) in [6.45, 7) is 2.28. The molecule has 0 aliphatic heterocycles. The van der Waals surface area contributed by atoms with Crippen LogP contribution in [0.2, 0.25) is 0 Å². The molecule has 6 nitrogen and oxygen atoms in total. The van der Waals surface area contributed by atoms with Crippen molar-refractivity contribution >= 4 is 17.0 Å². The van der Waals surface area contributed by atoms with Gasteiger partial charge in [0, 0.05) is 17.8 Å². The normalized spacial score (nSPS) is 12.0. The van der Waals surface area contributed by atoms with Crippen molar-refractivity contribution in [3.63, 3.8) is 0 Å². The fourth-order valence-corrected chi connectivity index (χ4v) is 3.54. The van der Waals surface area contributed by atoms with Gasteiger partial charge in [0.1, 0.15) is 11.6 Å². The zero-order valence-corrected chi connectivity index (χ0v) is 17.4. The van der Waals surface area contributed by atoms with Crippen LogP contribution in [0.25, 0.3) is 28.1 Å². The summed E-state index contributed by atoms with van der Waals surface area (Å²) >= 11 is 0. The fraction of sp³-hybridized carbons (Fsp3) is 0.240. The lowest BCUT2D eigenvalue weighted by atomic mass is 10.1. The lowest BCUT2D eigenvalue weighted by molar-refractivity contribution is -0.141. The number of carboxylic acids is 1.